The molecule has 7 heteroatoms. The van der Waals surface area contributed by atoms with Crippen molar-refractivity contribution in [1.29, 1.82) is 0 Å². The summed E-state index contributed by atoms with van der Waals surface area (Å²) in [5.41, 5.74) is 5.99. The Morgan fingerprint density at radius 2 is 2.11 bits per heavy atom. The highest BCUT2D eigenvalue weighted by molar-refractivity contribution is 7.92. The number of anilines is 1. The summed E-state index contributed by atoms with van der Waals surface area (Å²) in [4.78, 5) is 4.39. The number of hydrogen-bond donors (Lipinski definition) is 2. The van der Waals surface area contributed by atoms with Crippen LogP contribution >= 0.6 is 12.2 Å². The second-order valence-corrected chi connectivity index (χ2v) is 7.75. The highest BCUT2D eigenvalue weighted by Crippen LogP contribution is 2.16. The Bertz CT molecular complexity index is 553. The minimum absolute atomic E-state index is 0.209. The first-order chi connectivity index (χ1) is 8.13. The van der Waals surface area contributed by atoms with Crippen molar-refractivity contribution in [3.8, 4) is 0 Å². The predicted octanol–water partition coefficient (Wildman–Crippen LogP) is 0.951. The van der Waals surface area contributed by atoms with Crippen molar-refractivity contribution < 1.29 is 8.42 Å². The molecule has 1 aromatic rings. The highest BCUT2D eigenvalue weighted by atomic mass is 32.2. The van der Waals surface area contributed by atoms with Gasteiger partial charge >= 0.3 is 0 Å². The van der Waals surface area contributed by atoms with Crippen LogP contribution in [0.25, 0.3) is 0 Å². The molecule has 1 aromatic heterocycles. The average Bonchev–Trinajstić information content (AvgIpc) is 2.25. The Kier molecular flexibility index (Phi) is 4.28. The Hall–Kier alpha value is -1.21. The zero-order valence-electron chi connectivity index (χ0n) is 10.6. The Balaban J connectivity index is 2.82. The van der Waals surface area contributed by atoms with Gasteiger partial charge in [0.15, 0.2) is 9.84 Å². The Labute approximate surface area is 113 Å². The van der Waals surface area contributed by atoms with Crippen LogP contribution in [-0.2, 0) is 9.84 Å². The summed E-state index contributed by atoms with van der Waals surface area (Å²) in [6.07, 6.45) is 1.22. The fourth-order valence-electron chi connectivity index (χ4n) is 1.10. The molecule has 0 saturated carbocycles. The van der Waals surface area contributed by atoms with Gasteiger partial charge in [-0.15, -0.1) is 0 Å². The lowest BCUT2D eigenvalue weighted by molar-refractivity contribution is 0.559. The van der Waals surface area contributed by atoms with Gasteiger partial charge in [-0.25, -0.2) is 13.4 Å². The van der Waals surface area contributed by atoms with Crippen molar-refractivity contribution in [2.75, 3.05) is 18.1 Å². The van der Waals surface area contributed by atoms with Crippen molar-refractivity contribution in [2.24, 2.45) is 5.73 Å². The van der Waals surface area contributed by atoms with Gasteiger partial charge in [0.1, 0.15) is 10.8 Å². The molecule has 0 aliphatic rings. The van der Waals surface area contributed by atoms with Crippen LogP contribution in [0.5, 0.6) is 0 Å². The molecular formula is C11H17N3O2S2. The van der Waals surface area contributed by atoms with Crippen molar-refractivity contribution in [3.05, 3.63) is 23.9 Å². The Morgan fingerprint density at radius 3 is 2.61 bits per heavy atom. The third kappa shape index (κ3) is 3.64. The molecule has 0 fully saturated rings. The number of nitrogens with one attached hydrogen (secondary N) is 1. The number of nitrogens with zero attached hydrogens (tertiary/aromatic N) is 1. The van der Waals surface area contributed by atoms with Crippen LogP contribution in [0.15, 0.2) is 18.2 Å². The molecule has 5 nitrogen and oxygen atoms in total. The third-order valence-corrected chi connectivity index (χ3v) is 5.06. The standard InChI is InChI=1S/C11H17N3O2S2/c1-11(2,18(3,15)16)7-13-9-6-4-5-8(14-9)10(12)17/h4-6H,7H2,1-3H3,(H2,12,17)(H,13,14). The maximum Gasteiger partial charge on any atom is 0.154 e. The first-order valence-corrected chi connectivity index (χ1v) is 7.64. The van der Waals surface area contributed by atoms with E-state index in [9.17, 15) is 8.42 Å². The van der Waals surface area contributed by atoms with Crippen molar-refractivity contribution in [1.82, 2.24) is 4.98 Å². The smallest absolute Gasteiger partial charge is 0.154 e. The topological polar surface area (TPSA) is 85.1 Å². The summed E-state index contributed by atoms with van der Waals surface area (Å²) in [7, 11) is -3.14. The highest BCUT2D eigenvalue weighted by Gasteiger charge is 2.29. The van der Waals surface area contributed by atoms with Crippen molar-refractivity contribution in [2.45, 2.75) is 18.6 Å². The predicted molar refractivity (Wildman–Crippen MR) is 77.5 cm³/mol. The monoisotopic (exact) mass is 287 g/mol. The van der Waals surface area contributed by atoms with E-state index >= 15 is 0 Å². The van der Waals surface area contributed by atoms with Crippen molar-refractivity contribution in [3.63, 3.8) is 0 Å². The van der Waals surface area contributed by atoms with E-state index in [4.69, 9.17) is 18.0 Å². The molecule has 0 saturated heterocycles. The van der Waals surface area contributed by atoms with Gasteiger partial charge in [0.05, 0.1) is 10.4 Å². The summed E-state index contributed by atoms with van der Waals surface area (Å²) in [6.45, 7) is 3.58. The average molecular weight is 287 g/mol. The van der Waals surface area contributed by atoms with E-state index in [1.807, 2.05) is 0 Å². The maximum absolute atomic E-state index is 11.5. The number of sulfone groups is 1. The van der Waals surface area contributed by atoms with Gasteiger partial charge in [-0.2, -0.15) is 0 Å². The SMILES string of the molecule is CC(C)(CNc1cccc(C(N)=S)n1)S(C)(=O)=O. The number of aromatic nitrogens is 1. The summed E-state index contributed by atoms with van der Waals surface area (Å²) in [6, 6.07) is 5.20. The molecule has 0 unspecified atom stereocenters. The molecule has 0 aromatic carbocycles. The second-order valence-electron chi connectivity index (χ2n) is 4.66. The van der Waals surface area contributed by atoms with E-state index in [0.717, 1.165) is 0 Å². The first kappa shape index (κ1) is 14.8. The Morgan fingerprint density at radius 1 is 1.50 bits per heavy atom. The molecule has 0 bridgehead atoms. The molecule has 0 radical (unpaired) electrons. The lowest BCUT2D eigenvalue weighted by Crippen LogP contribution is -2.38. The van der Waals surface area contributed by atoms with Crippen LogP contribution in [0.2, 0.25) is 0 Å². The number of thiocarbonyl (C=S) groups is 1. The zero-order valence-corrected chi connectivity index (χ0v) is 12.2. The molecule has 0 atom stereocenters. The summed E-state index contributed by atoms with van der Waals surface area (Å²) in [5, 5.41) is 2.98. The molecule has 100 valence electrons. The normalized spacial score (nSPS) is 12.2. The third-order valence-electron chi connectivity index (χ3n) is 2.70. The molecule has 18 heavy (non-hydrogen) atoms. The minimum atomic E-state index is -3.14. The fourth-order valence-corrected chi connectivity index (χ4v) is 1.55. The van der Waals surface area contributed by atoms with Crippen LogP contribution < -0.4 is 11.1 Å². The largest absolute Gasteiger partial charge is 0.388 e. The van der Waals surface area contributed by atoms with E-state index in [0.29, 0.717) is 11.5 Å². The number of hydrogen-bond acceptors (Lipinski definition) is 5. The van der Waals surface area contributed by atoms with Gasteiger partial charge in [0.25, 0.3) is 0 Å². The van der Waals surface area contributed by atoms with E-state index in [-0.39, 0.29) is 11.5 Å². The quantitative estimate of drug-likeness (QED) is 0.784. The summed E-state index contributed by atoms with van der Waals surface area (Å²) >= 11 is 4.83. The van der Waals surface area contributed by atoms with Crippen molar-refractivity contribution >= 4 is 32.9 Å². The van der Waals surface area contributed by atoms with Crippen LogP contribution in [0.1, 0.15) is 19.5 Å². The van der Waals surface area contributed by atoms with Crippen LogP contribution in [0.3, 0.4) is 0 Å². The maximum atomic E-state index is 11.5. The van der Waals surface area contributed by atoms with Gasteiger partial charge < -0.3 is 11.1 Å². The van der Waals surface area contributed by atoms with E-state index in [2.05, 4.69) is 10.3 Å². The number of nitrogens with two attached hydrogens (primary N) is 1. The van der Waals surface area contributed by atoms with E-state index < -0.39 is 14.6 Å². The number of rotatable bonds is 5. The molecule has 1 heterocycles. The summed E-state index contributed by atoms with van der Waals surface area (Å²) < 4.78 is 22.2. The molecule has 0 aliphatic heterocycles. The van der Waals surface area contributed by atoms with Gasteiger partial charge in [-0.05, 0) is 26.0 Å². The van der Waals surface area contributed by atoms with Gasteiger partial charge in [-0.3, -0.25) is 0 Å². The van der Waals surface area contributed by atoms with Crippen LogP contribution in [0.4, 0.5) is 5.82 Å². The molecular weight excluding hydrogens is 270 g/mol. The lowest BCUT2D eigenvalue weighted by atomic mass is 10.2. The van der Waals surface area contributed by atoms with Gasteiger partial charge in [0, 0.05) is 12.8 Å². The van der Waals surface area contributed by atoms with E-state index in [1.54, 1.807) is 32.0 Å². The first-order valence-electron chi connectivity index (χ1n) is 5.34. The lowest BCUT2D eigenvalue weighted by Gasteiger charge is -2.23. The van der Waals surface area contributed by atoms with Gasteiger partial charge in [-0.1, -0.05) is 18.3 Å². The molecule has 0 spiro atoms. The second kappa shape index (κ2) is 5.19. The minimum Gasteiger partial charge on any atom is -0.388 e. The van der Waals surface area contributed by atoms with Crippen LogP contribution in [-0.4, -0.2) is 35.9 Å². The van der Waals surface area contributed by atoms with E-state index in [1.165, 1.54) is 6.26 Å². The fraction of sp³-hybridized carbons (Fsp3) is 0.455. The molecule has 3 N–H and O–H groups in total. The molecule has 1 rings (SSSR count). The number of pyridine rings is 1. The molecule has 0 amide bonds. The molecule has 0 aliphatic carbocycles. The zero-order chi connectivity index (χ0) is 14.0. The van der Waals surface area contributed by atoms with Crippen LogP contribution in [0, 0.1) is 0 Å². The van der Waals surface area contributed by atoms with Gasteiger partial charge in [0.2, 0.25) is 0 Å². The summed E-state index contributed by atoms with van der Waals surface area (Å²) in [5.74, 6) is 0.553.